The summed E-state index contributed by atoms with van der Waals surface area (Å²) in [6.07, 6.45) is 4.53. The molecule has 0 fully saturated rings. The van der Waals surface area contributed by atoms with E-state index in [1.54, 1.807) is 0 Å². The first-order valence-corrected chi connectivity index (χ1v) is 10.2. The van der Waals surface area contributed by atoms with Crippen LogP contribution in [-0.4, -0.2) is 59.5 Å². The third-order valence-electron chi connectivity index (χ3n) is 4.15. The number of ether oxygens (including phenoxy) is 5. The van der Waals surface area contributed by atoms with Gasteiger partial charge in [0, 0.05) is 6.54 Å². The average Bonchev–Trinajstić information content (AvgIpc) is 3.27. The van der Waals surface area contributed by atoms with Crippen molar-refractivity contribution >= 4 is 17.1 Å². The smallest absolute Gasteiger partial charge is 0.245 e. The first-order chi connectivity index (χ1) is 15.8. The van der Waals surface area contributed by atoms with E-state index < -0.39 is 0 Å². The van der Waals surface area contributed by atoms with Gasteiger partial charge in [-0.1, -0.05) is 24.3 Å². The molecule has 2 heterocycles. The Morgan fingerprint density at radius 2 is 1.53 bits per heavy atom. The maximum Gasteiger partial charge on any atom is 0.245 e. The van der Waals surface area contributed by atoms with E-state index in [1.165, 1.54) is 18.9 Å². The Bertz CT molecular complexity index is 963. The zero-order valence-electron chi connectivity index (χ0n) is 17.7. The third-order valence-corrected chi connectivity index (χ3v) is 4.15. The predicted octanol–water partition coefficient (Wildman–Crippen LogP) is 1.51. The summed E-state index contributed by atoms with van der Waals surface area (Å²) >= 11 is 0. The van der Waals surface area contributed by atoms with Crippen molar-refractivity contribution in [1.29, 1.82) is 0 Å². The molecule has 0 saturated heterocycles. The van der Waals surface area contributed by atoms with Crippen molar-refractivity contribution in [3.8, 4) is 5.88 Å². The first kappa shape index (κ1) is 23.3. The Kier molecular flexibility index (Phi) is 9.52. The fourth-order valence-corrected chi connectivity index (χ4v) is 2.61. The molecule has 11 nitrogen and oxygen atoms in total. The van der Waals surface area contributed by atoms with E-state index in [-0.39, 0.29) is 5.95 Å². The largest absolute Gasteiger partial charge is 0.496 e. The molecule has 0 aliphatic rings. The highest BCUT2D eigenvalue weighted by Crippen LogP contribution is 2.20. The Labute approximate surface area is 185 Å². The predicted molar refractivity (Wildman–Crippen MR) is 117 cm³/mol. The molecule has 0 unspecified atom stereocenters. The Morgan fingerprint density at radius 3 is 2.31 bits per heavy atom. The van der Waals surface area contributed by atoms with Gasteiger partial charge in [-0.25, -0.2) is 4.98 Å². The fraction of sp³-hybridized carbons (Fsp3) is 0.381. The zero-order chi connectivity index (χ0) is 22.4. The van der Waals surface area contributed by atoms with Crippen molar-refractivity contribution in [1.82, 2.24) is 19.9 Å². The maximum absolute atomic E-state index is 5.78. The van der Waals surface area contributed by atoms with Gasteiger partial charge >= 0.3 is 0 Å². The number of rotatable bonds is 15. The Hall–Kier alpha value is -3.41. The standard InChI is InChI=1S/C21H28N6O5/c22-5-6-28-7-8-29-9-10-30-11-12-31-13-16-1-3-17(4-2-16)14-32-20-18-19(25-15-24-18)26-21(23)27-20/h1-4,11-12,15H,5-10,13-14,22H2,(H3,23,24,25,26,27)/b12-11+. The summed E-state index contributed by atoms with van der Waals surface area (Å²) in [6, 6.07) is 7.85. The number of anilines is 1. The molecule has 0 amide bonds. The van der Waals surface area contributed by atoms with Gasteiger partial charge in [-0.2, -0.15) is 9.97 Å². The number of nitrogens with zero attached hydrogens (tertiary/aromatic N) is 3. The SMILES string of the molecule is NCCOCCOCCO/C=C/OCc1ccc(COc2nc(N)nc3nc[nH]c23)cc1. The lowest BCUT2D eigenvalue weighted by atomic mass is 10.1. The molecule has 0 atom stereocenters. The quantitative estimate of drug-likeness (QED) is 0.232. The molecule has 5 N–H and O–H groups in total. The lowest BCUT2D eigenvalue weighted by molar-refractivity contribution is 0.0318. The number of aromatic amines is 1. The van der Waals surface area contributed by atoms with Crippen LogP contribution in [0.2, 0.25) is 0 Å². The van der Waals surface area contributed by atoms with Crippen molar-refractivity contribution in [2.75, 3.05) is 45.3 Å². The van der Waals surface area contributed by atoms with Crippen LogP contribution >= 0.6 is 0 Å². The number of hydrogen-bond donors (Lipinski definition) is 3. The second-order valence-electron chi connectivity index (χ2n) is 6.56. The van der Waals surface area contributed by atoms with Gasteiger partial charge in [-0.15, -0.1) is 0 Å². The topological polar surface area (TPSA) is 153 Å². The average molecular weight is 444 g/mol. The van der Waals surface area contributed by atoms with Crippen LogP contribution in [-0.2, 0) is 32.2 Å². The number of aromatic nitrogens is 4. The molecule has 0 aliphatic heterocycles. The number of nitrogen functional groups attached to an aromatic ring is 1. The molecule has 32 heavy (non-hydrogen) atoms. The molecule has 0 bridgehead atoms. The van der Waals surface area contributed by atoms with Gasteiger partial charge in [-0.3, -0.25) is 0 Å². The summed E-state index contributed by atoms with van der Waals surface area (Å²) in [7, 11) is 0. The number of imidazole rings is 1. The summed E-state index contributed by atoms with van der Waals surface area (Å²) in [4.78, 5) is 15.2. The van der Waals surface area contributed by atoms with Crippen LogP contribution in [0.5, 0.6) is 5.88 Å². The zero-order valence-corrected chi connectivity index (χ0v) is 17.7. The molecule has 3 rings (SSSR count). The van der Waals surface area contributed by atoms with Crippen molar-refractivity contribution in [2.45, 2.75) is 13.2 Å². The van der Waals surface area contributed by atoms with Gasteiger partial charge in [0.05, 0.1) is 32.8 Å². The van der Waals surface area contributed by atoms with Crippen LogP contribution in [0.3, 0.4) is 0 Å². The van der Waals surface area contributed by atoms with Crippen LogP contribution in [0.25, 0.3) is 11.2 Å². The highest BCUT2D eigenvalue weighted by molar-refractivity contribution is 5.76. The van der Waals surface area contributed by atoms with E-state index in [4.69, 9.17) is 35.2 Å². The van der Waals surface area contributed by atoms with Crippen molar-refractivity contribution in [3.63, 3.8) is 0 Å². The lowest BCUT2D eigenvalue weighted by Gasteiger charge is -2.08. The van der Waals surface area contributed by atoms with Crippen molar-refractivity contribution < 1.29 is 23.7 Å². The van der Waals surface area contributed by atoms with Crippen molar-refractivity contribution in [2.24, 2.45) is 5.73 Å². The van der Waals surface area contributed by atoms with Crippen LogP contribution in [0.4, 0.5) is 5.95 Å². The van der Waals surface area contributed by atoms with E-state index in [9.17, 15) is 0 Å². The van der Waals surface area contributed by atoms with Gasteiger partial charge in [0.1, 0.15) is 37.9 Å². The third kappa shape index (κ3) is 7.69. The summed E-state index contributed by atoms with van der Waals surface area (Å²) < 4.78 is 27.1. The van der Waals surface area contributed by atoms with Gasteiger partial charge < -0.3 is 40.1 Å². The molecule has 0 radical (unpaired) electrons. The van der Waals surface area contributed by atoms with E-state index in [2.05, 4.69) is 19.9 Å². The van der Waals surface area contributed by atoms with E-state index >= 15 is 0 Å². The van der Waals surface area contributed by atoms with Gasteiger partial charge in [0.15, 0.2) is 5.65 Å². The van der Waals surface area contributed by atoms with Crippen LogP contribution in [0, 0.1) is 0 Å². The second-order valence-corrected chi connectivity index (χ2v) is 6.56. The molecule has 1 aromatic carbocycles. The van der Waals surface area contributed by atoms with Crippen molar-refractivity contribution in [3.05, 3.63) is 54.2 Å². The lowest BCUT2D eigenvalue weighted by Crippen LogP contribution is -2.13. The van der Waals surface area contributed by atoms with E-state index in [0.29, 0.717) is 69.8 Å². The number of H-pyrrole nitrogens is 1. The summed E-state index contributed by atoms with van der Waals surface area (Å²) in [5, 5.41) is 0. The normalized spacial score (nSPS) is 11.3. The fourth-order valence-electron chi connectivity index (χ4n) is 2.61. The highest BCUT2D eigenvalue weighted by Gasteiger charge is 2.09. The van der Waals surface area contributed by atoms with Crippen LogP contribution in [0.1, 0.15) is 11.1 Å². The highest BCUT2D eigenvalue weighted by atomic mass is 16.5. The summed E-state index contributed by atoms with van der Waals surface area (Å²) in [5.74, 6) is 0.484. The number of fused-ring (bicyclic) bond motifs is 1. The first-order valence-electron chi connectivity index (χ1n) is 10.2. The minimum atomic E-state index is 0.115. The van der Waals surface area contributed by atoms with Gasteiger partial charge in [-0.05, 0) is 11.1 Å². The van der Waals surface area contributed by atoms with Gasteiger partial charge in [0.2, 0.25) is 11.8 Å². The monoisotopic (exact) mass is 444 g/mol. The van der Waals surface area contributed by atoms with E-state index in [1.807, 2.05) is 24.3 Å². The van der Waals surface area contributed by atoms with Gasteiger partial charge in [0.25, 0.3) is 0 Å². The molecule has 11 heteroatoms. The summed E-state index contributed by atoms with van der Waals surface area (Å²) in [6.45, 7) is 3.79. The van der Waals surface area contributed by atoms with Crippen LogP contribution in [0.15, 0.2) is 43.1 Å². The molecular formula is C21H28N6O5. The molecule has 2 aromatic heterocycles. The molecule has 172 valence electrons. The number of nitrogens with one attached hydrogen (secondary N) is 1. The Balaban J connectivity index is 1.30. The number of benzene rings is 1. The molecule has 0 aliphatic carbocycles. The van der Waals surface area contributed by atoms with Crippen LogP contribution < -0.4 is 16.2 Å². The molecule has 0 saturated carbocycles. The summed E-state index contributed by atoms with van der Waals surface area (Å²) in [5.41, 5.74) is 14.1. The minimum Gasteiger partial charge on any atom is -0.496 e. The molecule has 3 aromatic rings. The maximum atomic E-state index is 5.78. The second kappa shape index (κ2) is 13.1. The minimum absolute atomic E-state index is 0.115. The molecular weight excluding hydrogens is 416 g/mol. The number of hydrogen-bond acceptors (Lipinski definition) is 10. The molecule has 0 spiro atoms. The van der Waals surface area contributed by atoms with E-state index in [0.717, 1.165) is 11.1 Å². The number of nitrogens with two attached hydrogens (primary N) is 2. The Morgan fingerprint density at radius 1 is 0.844 bits per heavy atom.